The van der Waals surface area contributed by atoms with Crippen LogP contribution < -0.4 is 0 Å². The lowest BCUT2D eigenvalue weighted by molar-refractivity contribution is 0.413. The maximum absolute atomic E-state index is 13.4. The number of rotatable bonds is 3. The summed E-state index contributed by atoms with van der Waals surface area (Å²) in [6, 6.07) is 4.14. The third-order valence-corrected chi connectivity index (χ3v) is 3.85. The summed E-state index contributed by atoms with van der Waals surface area (Å²) >= 11 is 0. The number of hydrogen-bond acceptors (Lipinski definition) is 1. The highest BCUT2D eigenvalue weighted by molar-refractivity contribution is 5.24. The van der Waals surface area contributed by atoms with Crippen LogP contribution >= 0.6 is 0 Å². The molecule has 2 rings (SSSR count). The highest BCUT2D eigenvalue weighted by Gasteiger charge is 2.21. The fourth-order valence-electron chi connectivity index (χ4n) is 2.62. The van der Waals surface area contributed by atoms with Gasteiger partial charge in [0, 0.05) is 5.56 Å². The molecule has 1 nitrogen and oxygen atoms in total. The molecule has 0 bridgehead atoms. The summed E-state index contributed by atoms with van der Waals surface area (Å²) in [6.45, 7) is 7.29. The minimum absolute atomic E-state index is 0.102. The maximum Gasteiger partial charge on any atom is 0.129 e. The molecule has 23 heavy (non-hydrogen) atoms. The Hall–Kier alpha value is -1.90. The number of aliphatic hydroxyl groups excluding tert-OH is 1. The van der Waals surface area contributed by atoms with Crippen molar-refractivity contribution in [1.29, 1.82) is 0 Å². The fourth-order valence-corrected chi connectivity index (χ4v) is 2.62. The van der Waals surface area contributed by atoms with Gasteiger partial charge in [0.25, 0.3) is 0 Å². The molecule has 1 saturated carbocycles. The SMILES string of the molecule is C=C(C)/C=C\C(O)=C/C.Fc1cccc(F)c1C1CCCCC1. The first-order chi connectivity index (χ1) is 11.0. The van der Waals surface area contributed by atoms with Crippen LogP contribution in [0.5, 0.6) is 0 Å². The summed E-state index contributed by atoms with van der Waals surface area (Å²) in [6.07, 6.45) is 10.2. The Bertz CT molecular complexity index is 547. The number of benzene rings is 1. The van der Waals surface area contributed by atoms with Crippen molar-refractivity contribution in [3.8, 4) is 0 Å². The first kappa shape index (κ1) is 19.1. The van der Waals surface area contributed by atoms with Gasteiger partial charge in [0.15, 0.2) is 0 Å². The third-order valence-electron chi connectivity index (χ3n) is 3.85. The van der Waals surface area contributed by atoms with Crippen molar-refractivity contribution in [2.45, 2.75) is 51.9 Å². The quantitative estimate of drug-likeness (QED) is 0.492. The molecule has 0 aliphatic heterocycles. The van der Waals surface area contributed by atoms with Gasteiger partial charge in [-0.25, -0.2) is 8.78 Å². The number of allylic oxidation sites excluding steroid dienone is 4. The monoisotopic (exact) mass is 320 g/mol. The van der Waals surface area contributed by atoms with Crippen molar-refractivity contribution in [3.05, 3.63) is 71.5 Å². The summed E-state index contributed by atoms with van der Waals surface area (Å²) in [4.78, 5) is 0. The topological polar surface area (TPSA) is 20.2 Å². The Balaban J connectivity index is 0.000000257. The Kier molecular flexibility index (Phi) is 8.31. The van der Waals surface area contributed by atoms with E-state index in [1.165, 1.54) is 24.6 Å². The number of hydrogen-bond donors (Lipinski definition) is 1. The van der Waals surface area contributed by atoms with E-state index in [1.54, 1.807) is 25.2 Å². The molecule has 0 radical (unpaired) electrons. The zero-order chi connectivity index (χ0) is 17.2. The molecular weight excluding hydrogens is 294 g/mol. The molecule has 1 aliphatic carbocycles. The van der Waals surface area contributed by atoms with Crippen molar-refractivity contribution >= 4 is 0 Å². The summed E-state index contributed by atoms with van der Waals surface area (Å²) in [7, 11) is 0. The van der Waals surface area contributed by atoms with Crippen LogP contribution in [-0.2, 0) is 0 Å². The van der Waals surface area contributed by atoms with Crippen LogP contribution in [0.2, 0.25) is 0 Å². The van der Waals surface area contributed by atoms with Gasteiger partial charge in [-0.15, -0.1) is 0 Å². The smallest absolute Gasteiger partial charge is 0.129 e. The minimum atomic E-state index is -0.378. The van der Waals surface area contributed by atoms with E-state index in [4.69, 9.17) is 5.11 Å². The van der Waals surface area contributed by atoms with Crippen molar-refractivity contribution in [3.63, 3.8) is 0 Å². The lowest BCUT2D eigenvalue weighted by Crippen LogP contribution is -2.08. The summed E-state index contributed by atoms with van der Waals surface area (Å²) in [5.74, 6) is -0.378. The van der Waals surface area contributed by atoms with Crippen molar-refractivity contribution in [2.75, 3.05) is 0 Å². The molecule has 0 heterocycles. The molecule has 0 saturated heterocycles. The van der Waals surface area contributed by atoms with Gasteiger partial charge in [0.2, 0.25) is 0 Å². The molecule has 1 fully saturated rings. The predicted octanol–water partition coefficient (Wildman–Crippen LogP) is 6.59. The predicted molar refractivity (Wildman–Crippen MR) is 92.5 cm³/mol. The average Bonchev–Trinajstić information content (AvgIpc) is 2.54. The Morgan fingerprint density at radius 3 is 2.17 bits per heavy atom. The normalized spacial score (nSPS) is 16.1. The first-order valence-corrected chi connectivity index (χ1v) is 8.08. The van der Waals surface area contributed by atoms with Gasteiger partial charge in [-0.3, -0.25) is 0 Å². The molecule has 1 aromatic rings. The minimum Gasteiger partial charge on any atom is -0.508 e. The molecule has 0 unspecified atom stereocenters. The lowest BCUT2D eigenvalue weighted by atomic mass is 9.83. The lowest BCUT2D eigenvalue weighted by Gasteiger charge is -2.22. The first-order valence-electron chi connectivity index (χ1n) is 8.08. The highest BCUT2D eigenvalue weighted by atomic mass is 19.1. The van der Waals surface area contributed by atoms with Crippen LogP contribution in [0.15, 0.2) is 54.3 Å². The van der Waals surface area contributed by atoms with E-state index in [0.29, 0.717) is 5.56 Å². The van der Waals surface area contributed by atoms with E-state index >= 15 is 0 Å². The summed E-state index contributed by atoms with van der Waals surface area (Å²) in [5.41, 5.74) is 1.25. The maximum atomic E-state index is 13.4. The van der Waals surface area contributed by atoms with Gasteiger partial charge in [0.05, 0.1) is 0 Å². The molecule has 0 aromatic heterocycles. The Labute approximate surface area is 138 Å². The Morgan fingerprint density at radius 1 is 1.13 bits per heavy atom. The second-order valence-electron chi connectivity index (χ2n) is 5.86. The molecule has 0 atom stereocenters. The van der Waals surface area contributed by atoms with Gasteiger partial charge in [-0.1, -0.05) is 43.6 Å². The molecule has 0 spiro atoms. The molecule has 126 valence electrons. The van der Waals surface area contributed by atoms with E-state index in [-0.39, 0.29) is 23.3 Å². The highest BCUT2D eigenvalue weighted by Crippen LogP contribution is 2.35. The molecule has 1 N–H and O–H groups in total. The van der Waals surface area contributed by atoms with E-state index in [0.717, 1.165) is 31.3 Å². The van der Waals surface area contributed by atoms with Crippen molar-refractivity contribution in [2.24, 2.45) is 0 Å². The fraction of sp³-hybridized carbons (Fsp3) is 0.400. The van der Waals surface area contributed by atoms with Crippen LogP contribution in [0.25, 0.3) is 0 Å². The third kappa shape index (κ3) is 6.81. The molecule has 1 aliphatic rings. The van der Waals surface area contributed by atoms with Crippen LogP contribution in [0.1, 0.15) is 57.4 Å². The zero-order valence-corrected chi connectivity index (χ0v) is 14.0. The Morgan fingerprint density at radius 2 is 1.70 bits per heavy atom. The number of halogens is 2. The summed E-state index contributed by atoms with van der Waals surface area (Å²) in [5, 5.41) is 8.84. The van der Waals surface area contributed by atoms with Gasteiger partial charge < -0.3 is 5.11 Å². The number of aliphatic hydroxyl groups is 1. The molecule has 0 amide bonds. The molecular formula is C20H26F2O. The molecule has 3 heteroatoms. The van der Waals surface area contributed by atoms with Crippen LogP contribution in [0.4, 0.5) is 8.78 Å². The second kappa shape index (κ2) is 9.98. The standard InChI is InChI=1S/C12H14F2.C8H12O/c13-10-7-4-8-11(14)12(10)9-5-2-1-3-6-9;1-4-8(9)6-5-7(2)3/h4,7-9H,1-3,5-6H2;4-6,9H,2H2,1,3H3/b;6-5-,8-4+. The van der Waals surface area contributed by atoms with Gasteiger partial charge in [0.1, 0.15) is 17.4 Å². The van der Waals surface area contributed by atoms with E-state index in [1.807, 2.05) is 6.92 Å². The van der Waals surface area contributed by atoms with Gasteiger partial charge >= 0.3 is 0 Å². The van der Waals surface area contributed by atoms with Crippen molar-refractivity contribution < 1.29 is 13.9 Å². The van der Waals surface area contributed by atoms with E-state index in [9.17, 15) is 8.78 Å². The van der Waals surface area contributed by atoms with E-state index in [2.05, 4.69) is 6.58 Å². The van der Waals surface area contributed by atoms with Crippen LogP contribution in [-0.4, -0.2) is 5.11 Å². The van der Waals surface area contributed by atoms with Crippen LogP contribution in [0.3, 0.4) is 0 Å². The van der Waals surface area contributed by atoms with Crippen LogP contribution in [0, 0.1) is 11.6 Å². The summed E-state index contributed by atoms with van der Waals surface area (Å²) < 4.78 is 26.8. The largest absolute Gasteiger partial charge is 0.508 e. The zero-order valence-electron chi connectivity index (χ0n) is 14.0. The van der Waals surface area contributed by atoms with E-state index < -0.39 is 0 Å². The second-order valence-corrected chi connectivity index (χ2v) is 5.86. The average molecular weight is 320 g/mol. The van der Waals surface area contributed by atoms with Gasteiger partial charge in [-0.2, -0.15) is 0 Å². The van der Waals surface area contributed by atoms with Crippen molar-refractivity contribution in [1.82, 2.24) is 0 Å². The molecule has 1 aromatic carbocycles. The van der Waals surface area contributed by atoms with Gasteiger partial charge in [-0.05, 0) is 56.9 Å².